The zero-order valence-corrected chi connectivity index (χ0v) is 16.4. The molecule has 128 valence electrons. The fourth-order valence-corrected chi connectivity index (χ4v) is 5.68. The summed E-state index contributed by atoms with van der Waals surface area (Å²) in [5.41, 5.74) is 4.26. The van der Waals surface area contributed by atoms with Gasteiger partial charge in [-0.15, -0.1) is 0 Å². The molecule has 0 radical (unpaired) electrons. The Bertz CT molecular complexity index is 722. The smallest absolute Gasteiger partial charge is 0.0134 e. The van der Waals surface area contributed by atoms with E-state index in [2.05, 4.69) is 93.6 Å². The van der Waals surface area contributed by atoms with Crippen LogP contribution in [0.1, 0.15) is 37.5 Å². The summed E-state index contributed by atoms with van der Waals surface area (Å²) in [4.78, 5) is 0. The van der Waals surface area contributed by atoms with Gasteiger partial charge >= 0.3 is 0 Å². The molecule has 3 aromatic rings. The average molecular weight is 346 g/mol. The lowest BCUT2D eigenvalue weighted by molar-refractivity contribution is 1.14. The Labute approximate surface area is 153 Å². The normalized spacial score (nSPS) is 11.0. The summed E-state index contributed by atoms with van der Waals surface area (Å²) in [5, 5.41) is 4.36. The van der Waals surface area contributed by atoms with E-state index in [9.17, 15) is 0 Å². The van der Waals surface area contributed by atoms with Crippen molar-refractivity contribution in [2.45, 2.75) is 40.0 Å². The highest BCUT2D eigenvalue weighted by Gasteiger charge is 2.17. The summed E-state index contributed by atoms with van der Waals surface area (Å²) in [7, 11) is -0.512. The van der Waals surface area contributed by atoms with Gasteiger partial charge in [-0.3, -0.25) is 0 Å². The van der Waals surface area contributed by atoms with Crippen molar-refractivity contribution >= 4 is 23.8 Å². The van der Waals surface area contributed by atoms with Crippen LogP contribution in [0.2, 0.25) is 0 Å². The van der Waals surface area contributed by atoms with Gasteiger partial charge in [0.05, 0.1) is 0 Å². The van der Waals surface area contributed by atoms with Crippen molar-refractivity contribution in [2.24, 2.45) is 0 Å². The molecule has 0 amide bonds. The maximum Gasteiger partial charge on any atom is -0.0134 e. The molecule has 0 saturated carbocycles. The van der Waals surface area contributed by atoms with Crippen LogP contribution >= 0.6 is 7.92 Å². The lowest BCUT2D eigenvalue weighted by Crippen LogP contribution is -2.21. The lowest BCUT2D eigenvalue weighted by Gasteiger charge is -2.21. The lowest BCUT2D eigenvalue weighted by atomic mass is 10.2. The van der Waals surface area contributed by atoms with E-state index in [-0.39, 0.29) is 0 Å². The van der Waals surface area contributed by atoms with Gasteiger partial charge in [0.2, 0.25) is 0 Å². The van der Waals surface area contributed by atoms with Crippen LogP contribution in [0, 0.1) is 0 Å². The Morgan fingerprint density at radius 1 is 0.520 bits per heavy atom. The third-order valence-electron chi connectivity index (χ3n) is 4.73. The summed E-state index contributed by atoms with van der Waals surface area (Å²) < 4.78 is 0. The molecule has 0 saturated heterocycles. The Morgan fingerprint density at radius 3 is 1.12 bits per heavy atom. The van der Waals surface area contributed by atoms with Gasteiger partial charge in [-0.25, -0.2) is 0 Å². The van der Waals surface area contributed by atoms with E-state index in [4.69, 9.17) is 0 Å². The third-order valence-corrected chi connectivity index (χ3v) is 7.11. The maximum absolute atomic E-state index is 2.41. The highest BCUT2D eigenvalue weighted by molar-refractivity contribution is 7.79. The zero-order valence-electron chi connectivity index (χ0n) is 15.5. The quantitative estimate of drug-likeness (QED) is 0.543. The van der Waals surface area contributed by atoms with Crippen molar-refractivity contribution in [3.8, 4) is 0 Å². The van der Waals surface area contributed by atoms with Crippen molar-refractivity contribution in [3.05, 3.63) is 89.5 Å². The van der Waals surface area contributed by atoms with Gasteiger partial charge in [-0.05, 0) is 59.8 Å². The zero-order chi connectivity index (χ0) is 17.6. The first-order valence-corrected chi connectivity index (χ1v) is 10.7. The first-order valence-electron chi connectivity index (χ1n) is 9.32. The Balaban J connectivity index is 2.16. The molecule has 0 atom stereocenters. The summed E-state index contributed by atoms with van der Waals surface area (Å²) in [5.74, 6) is 0. The Morgan fingerprint density at radius 2 is 0.840 bits per heavy atom. The molecule has 25 heavy (non-hydrogen) atoms. The van der Waals surface area contributed by atoms with Crippen molar-refractivity contribution in [2.75, 3.05) is 0 Å². The minimum atomic E-state index is -0.512. The van der Waals surface area contributed by atoms with Crippen LogP contribution in [0.4, 0.5) is 0 Å². The fraction of sp³-hybridized carbons (Fsp3) is 0.250. The molecular weight excluding hydrogens is 319 g/mol. The molecular formula is C24H27P. The largest absolute Gasteiger partial charge is 0.0613 e. The summed E-state index contributed by atoms with van der Waals surface area (Å²) >= 11 is 0. The van der Waals surface area contributed by atoms with Crippen molar-refractivity contribution in [1.29, 1.82) is 0 Å². The molecule has 0 N–H and O–H groups in total. The molecule has 0 bridgehead atoms. The van der Waals surface area contributed by atoms with Crippen LogP contribution in [0.15, 0.2) is 72.8 Å². The molecule has 0 aromatic heterocycles. The molecule has 0 aliphatic rings. The van der Waals surface area contributed by atoms with Gasteiger partial charge in [0.1, 0.15) is 0 Å². The van der Waals surface area contributed by atoms with Gasteiger partial charge in [0, 0.05) is 0 Å². The predicted octanol–water partition coefficient (Wildman–Crippen LogP) is 5.13. The SMILES string of the molecule is CCc1cccc(P(c2cccc(CC)c2)c2cccc(CC)c2)c1. The maximum atomic E-state index is 2.41. The molecule has 0 fully saturated rings. The summed E-state index contributed by atoms with van der Waals surface area (Å²) in [6.07, 6.45) is 3.25. The molecule has 3 rings (SSSR count). The van der Waals surface area contributed by atoms with Gasteiger partial charge in [0.25, 0.3) is 0 Å². The highest BCUT2D eigenvalue weighted by Crippen LogP contribution is 2.33. The van der Waals surface area contributed by atoms with E-state index in [1.54, 1.807) is 0 Å². The highest BCUT2D eigenvalue weighted by atomic mass is 31.1. The first kappa shape index (κ1) is 17.9. The van der Waals surface area contributed by atoms with Crippen molar-refractivity contribution < 1.29 is 0 Å². The second kappa shape index (κ2) is 8.45. The molecule has 1 heteroatoms. The molecule has 0 unspecified atom stereocenters. The van der Waals surface area contributed by atoms with E-state index < -0.39 is 7.92 Å². The van der Waals surface area contributed by atoms with E-state index in [0.717, 1.165) is 19.3 Å². The number of benzene rings is 3. The number of aryl methyl sites for hydroxylation is 3. The average Bonchev–Trinajstić information content (AvgIpc) is 2.68. The molecule has 0 aliphatic heterocycles. The van der Waals surface area contributed by atoms with Crippen molar-refractivity contribution in [1.82, 2.24) is 0 Å². The number of hydrogen-bond acceptors (Lipinski definition) is 0. The second-order valence-electron chi connectivity index (χ2n) is 6.41. The third kappa shape index (κ3) is 4.20. The number of hydrogen-bond donors (Lipinski definition) is 0. The van der Waals surface area contributed by atoms with Gasteiger partial charge < -0.3 is 0 Å². The predicted molar refractivity (Wildman–Crippen MR) is 113 cm³/mol. The summed E-state index contributed by atoms with van der Waals surface area (Å²) in [6, 6.07) is 27.5. The topological polar surface area (TPSA) is 0 Å². The van der Waals surface area contributed by atoms with Gasteiger partial charge in [0.15, 0.2) is 0 Å². The molecule has 0 heterocycles. The van der Waals surface area contributed by atoms with Crippen LogP contribution in [0.3, 0.4) is 0 Å². The molecule has 3 aromatic carbocycles. The second-order valence-corrected chi connectivity index (χ2v) is 8.63. The van der Waals surface area contributed by atoms with Crippen LogP contribution < -0.4 is 15.9 Å². The standard InChI is InChI=1S/C24H27P/c1-4-19-10-7-13-22(16-19)25(23-14-8-11-20(5-2)17-23)24-15-9-12-21(6-3)18-24/h7-18H,4-6H2,1-3H3. The first-order chi connectivity index (χ1) is 12.2. The fourth-order valence-electron chi connectivity index (χ4n) is 3.19. The summed E-state index contributed by atoms with van der Waals surface area (Å²) in [6.45, 7) is 6.70. The number of rotatable bonds is 6. The monoisotopic (exact) mass is 346 g/mol. The van der Waals surface area contributed by atoms with Crippen LogP contribution in [-0.2, 0) is 19.3 Å². The Hall–Kier alpha value is -1.91. The molecule has 0 spiro atoms. The Kier molecular flexibility index (Phi) is 6.05. The molecule has 0 nitrogen and oxygen atoms in total. The van der Waals surface area contributed by atoms with Crippen molar-refractivity contribution in [3.63, 3.8) is 0 Å². The van der Waals surface area contributed by atoms with Gasteiger partial charge in [-0.1, -0.05) is 93.6 Å². The van der Waals surface area contributed by atoms with E-state index in [0.29, 0.717) is 0 Å². The molecule has 0 aliphatic carbocycles. The van der Waals surface area contributed by atoms with Crippen LogP contribution in [0.5, 0.6) is 0 Å². The van der Waals surface area contributed by atoms with E-state index >= 15 is 0 Å². The minimum absolute atomic E-state index is 0.512. The van der Waals surface area contributed by atoms with Crippen LogP contribution in [0.25, 0.3) is 0 Å². The van der Waals surface area contributed by atoms with Crippen LogP contribution in [-0.4, -0.2) is 0 Å². The van der Waals surface area contributed by atoms with Gasteiger partial charge in [-0.2, -0.15) is 0 Å². The minimum Gasteiger partial charge on any atom is -0.0613 e. The van der Waals surface area contributed by atoms with E-state index in [1.807, 2.05) is 0 Å². The van der Waals surface area contributed by atoms with E-state index in [1.165, 1.54) is 32.6 Å².